The van der Waals surface area contributed by atoms with Gasteiger partial charge in [-0.1, -0.05) is 25.3 Å². The third-order valence-corrected chi connectivity index (χ3v) is 5.22. The summed E-state index contributed by atoms with van der Waals surface area (Å²) < 4.78 is 0. The Morgan fingerprint density at radius 1 is 1.29 bits per heavy atom. The first-order chi connectivity index (χ1) is 10.2. The number of rotatable bonds is 3. The van der Waals surface area contributed by atoms with Crippen LogP contribution in [0.25, 0.3) is 0 Å². The van der Waals surface area contributed by atoms with Gasteiger partial charge in [-0.15, -0.1) is 0 Å². The SMILES string of the molecule is N#Cc1ccc2c(c1)C(CCC1(N)CCCCC1)NCC2. The number of nitrogens with one attached hydrogen (secondary N) is 1. The molecule has 0 amide bonds. The molecule has 3 heteroatoms. The molecule has 1 atom stereocenters. The second-order valence-corrected chi connectivity index (χ2v) is 6.74. The van der Waals surface area contributed by atoms with Crippen LogP contribution in [0.4, 0.5) is 0 Å². The summed E-state index contributed by atoms with van der Waals surface area (Å²) in [5, 5.41) is 12.7. The first kappa shape index (κ1) is 14.6. The van der Waals surface area contributed by atoms with E-state index in [1.165, 1.54) is 43.2 Å². The summed E-state index contributed by atoms with van der Waals surface area (Å²) in [7, 11) is 0. The molecule has 1 aromatic rings. The second-order valence-electron chi connectivity index (χ2n) is 6.74. The van der Waals surface area contributed by atoms with Crippen molar-refractivity contribution in [3.63, 3.8) is 0 Å². The van der Waals surface area contributed by atoms with Crippen molar-refractivity contribution in [3.8, 4) is 6.07 Å². The Labute approximate surface area is 127 Å². The highest BCUT2D eigenvalue weighted by Gasteiger charge is 2.29. The summed E-state index contributed by atoms with van der Waals surface area (Å²) in [4.78, 5) is 0. The minimum absolute atomic E-state index is 0.0460. The number of hydrogen-bond donors (Lipinski definition) is 2. The second kappa shape index (κ2) is 6.17. The summed E-state index contributed by atoms with van der Waals surface area (Å²) in [6.45, 7) is 1.03. The minimum Gasteiger partial charge on any atom is -0.325 e. The molecule has 1 fully saturated rings. The van der Waals surface area contributed by atoms with Crippen molar-refractivity contribution in [1.29, 1.82) is 5.26 Å². The fourth-order valence-electron chi connectivity index (χ4n) is 3.90. The number of nitriles is 1. The van der Waals surface area contributed by atoms with Gasteiger partial charge in [-0.2, -0.15) is 5.26 Å². The highest BCUT2D eigenvalue weighted by molar-refractivity contribution is 5.41. The zero-order valence-corrected chi connectivity index (χ0v) is 12.7. The van der Waals surface area contributed by atoms with Crippen LogP contribution < -0.4 is 11.1 Å². The van der Waals surface area contributed by atoms with Gasteiger partial charge in [0.1, 0.15) is 0 Å². The molecule has 1 aliphatic carbocycles. The highest BCUT2D eigenvalue weighted by Crippen LogP contribution is 2.34. The maximum absolute atomic E-state index is 9.11. The quantitative estimate of drug-likeness (QED) is 0.895. The maximum Gasteiger partial charge on any atom is 0.0991 e. The molecule has 0 spiro atoms. The van der Waals surface area contributed by atoms with Crippen molar-refractivity contribution in [3.05, 3.63) is 34.9 Å². The van der Waals surface area contributed by atoms with Crippen LogP contribution in [-0.4, -0.2) is 12.1 Å². The predicted molar refractivity (Wildman–Crippen MR) is 84.8 cm³/mol. The first-order valence-electron chi connectivity index (χ1n) is 8.25. The van der Waals surface area contributed by atoms with Crippen molar-refractivity contribution < 1.29 is 0 Å². The van der Waals surface area contributed by atoms with Gasteiger partial charge in [0.15, 0.2) is 0 Å². The molecular weight excluding hydrogens is 258 g/mol. The molecule has 1 aliphatic heterocycles. The number of nitrogens with zero attached hydrogens (tertiary/aromatic N) is 1. The Kier molecular flexibility index (Phi) is 4.28. The zero-order valence-electron chi connectivity index (χ0n) is 12.7. The molecule has 2 aliphatic rings. The summed E-state index contributed by atoms with van der Waals surface area (Å²) in [6, 6.07) is 8.75. The number of hydrogen-bond acceptors (Lipinski definition) is 3. The third kappa shape index (κ3) is 3.28. The largest absolute Gasteiger partial charge is 0.325 e. The summed E-state index contributed by atoms with van der Waals surface area (Å²) in [5.41, 5.74) is 10.1. The van der Waals surface area contributed by atoms with E-state index in [0.717, 1.165) is 31.4 Å². The van der Waals surface area contributed by atoms with Crippen LogP contribution in [-0.2, 0) is 6.42 Å². The fourth-order valence-corrected chi connectivity index (χ4v) is 3.90. The van der Waals surface area contributed by atoms with E-state index in [4.69, 9.17) is 11.0 Å². The van der Waals surface area contributed by atoms with Crippen LogP contribution in [0.2, 0.25) is 0 Å². The van der Waals surface area contributed by atoms with Gasteiger partial charge in [0, 0.05) is 11.6 Å². The van der Waals surface area contributed by atoms with E-state index in [0.29, 0.717) is 6.04 Å². The lowest BCUT2D eigenvalue weighted by molar-refractivity contribution is 0.259. The van der Waals surface area contributed by atoms with E-state index < -0.39 is 0 Å². The molecule has 0 saturated heterocycles. The van der Waals surface area contributed by atoms with Crippen LogP contribution in [0.15, 0.2) is 18.2 Å². The predicted octanol–water partition coefficient (Wildman–Crippen LogP) is 3.19. The van der Waals surface area contributed by atoms with Gasteiger partial charge in [0.2, 0.25) is 0 Å². The Balaban J connectivity index is 1.71. The zero-order chi connectivity index (χ0) is 14.7. The Morgan fingerprint density at radius 2 is 2.10 bits per heavy atom. The van der Waals surface area contributed by atoms with Gasteiger partial charge in [0.05, 0.1) is 11.6 Å². The maximum atomic E-state index is 9.11. The Morgan fingerprint density at radius 3 is 2.86 bits per heavy atom. The van der Waals surface area contributed by atoms with Crippen LogP contribution in [0.1, 0.15) is 67.7 Å². The number of nitrogens with two attached hydrogens (primary N) is 1. The first-order valence-corrected chi connectivity index (χ1v) is 8.25. The summed E-state index contributed by atoms with van der Waals surface area (Å²) >= 11 is 0. The molecule has 0 bridgehead atoms. The molecule has 0 aromatic heterocycles. The highest BCUT2D eigenvalue weighted by atomic mass is 14.9. The molecule has 1 saturated carbocycles. The lowest BCUT2D eigenvalue weighted by Gasteiger charge is -2.36. The van der Waals surface area contributed by atoms with Crippen LogP contribution in [0, 0.1) is 11.3 Å². The van der Waals surface area contributed by atoms with Crippen LogP contribution in [0.3, 0.4) is 0 Å². The van der Waals surface area contributed by atoms with E-state index in [9.17, 15) is 0 Å². The van der Waals surface area contributed by atoms with Gasteiger partial charge in [0.25, 0.3) is 0 Å². The lowest BCUT2D eigenvalue weighted by atomic mass is 9.77. The summed E-state index contributed by atoms with van der Waals surface area (Å²) in [5.74, 6) is 0. The molecule has 21 heavy (non-hydrogen) atoms. The van der Waals surface area contributed by atoms with Crippen molar-refractivity contribution in [2.24, 2.45) is 5.73 Å². The molecule has 1 heterocycles. The molecule has 3 N–H and O–H groups in total. The van der Waals surface area contributed by atoms with E-state index in [1.807, 2.05) is 6.07 Å². The average molecular weight is 283 g/mol. The Hall–Kier alpha value is -1.37. The topological polar surface area (TPSA) is 61.8 Å². The van der Waals surface area contributed by atoms with Crippen LogP contribution in [0.5, 0.6) is 0 Å². The van der Waals surface area contributed by atoms with E-state index >= 15 is 0 Å². The average Bonchev–Trinajstić information content (AvgIpc) is 2.53. The number of fused-ring (bicyclic) bond motifs is 1. The van der Waals surface area contributed by atoms with Crippen molar-refractivity contribution in [1.82, 2.24) is 5.32 Å². The third-order valence-electron chi connectivity index (χ3n) is 5.22. The van der Waals surface area contributed by atoms with Crippen molar-refractivity contribution >= 4 is 0 Å². The van der Waals surface area contributed by atoms with E-state index in [2.05, 4.69) is 23.5 Å². The molecule has 1 aromatic carbocycles. The molecule has 3 nitrogen and oxygen atoms in total. The Bertz CT molecular complexity index is 538. The van der Waals surface area contributed by atoms with Crippen molar-refractivity contribution in [2.75, 3.05) is 6.54 Å². The standard InChI is InChI=1S/C18H25N3/c19-13-14-4-5-15-7-11-21-17(16(15)12-14)6-10-18(20)8-2-1-3-9-18/h4-5,12,17,21H,1-3,6-11,20H2. The van der Waals surface area contributed by atoms with Crippen molar-refractivity contribution in [2.45, 2.75) is 62.9 Å². The molecular formula is C18H25N3. The molecule has 112 valence electrons. The van der Waals surface area contributed by atoms with E-state index in [1.54, 1.807) is 0 Å². The van der Waals surface area contributed by atoms with E-state index in [-0.39, 0.29) is 5.54 Å². The van der Waals surface area contributed by atoms with Gasteiger partial charge < -0.3 is 11.1 Å². The van der Waals surface area contributed by atoms with Crippen LogP contribution >= 0.6 is 0 Å². The minimum atomic E-state index is 0.0460. The molecule has 0 radical (unpaired) electrons. The summed E-state index contributed by atoms with van der Waals surface area (Å²) in [6.07, 6.45) is 9.47. The van der Waals surface area contributed by atoms with Gasteiger partial charge >= 0.3 is 0 Å². The normalized spacial score (nSPS) is 24.1. The van der Waals surface area contributed by atoms with Gasteiger partial charge in [-0.05, 0) is 61.9 Å². The molecule has 1 unspecified atom stereocenters. The van der Waals surface area contributed by atoms with Gasteiger partial charge in [-0.25, -0.2) is 0 Å². The fraction of sp³-hybridized carbons (Fsp3) is 0.611. The van der Waals surface area contributed by atoms with Gasteiger partial charge in [-0.3, -0.25) is 0 Å². The smallest absolute Gasteiger partial charge is 0.0991 e. The number of benzene rings is 1. The molecule has 3 rings (SSSR count). The monoisotopic (exact) mass is 283 g/mol. The lowest BCUT2D eigenvalue weighted by Crippen LogP contribution is -2.42.